The van der Waals surface area contributed by atoms with Crippen LogP contribution in [-0.2, 0) is 15.7 Å². The first-order valence-electron chi connectivity index (χ1n) is 12.7. The molecule has 1 fully saturated rings. The molecule has 0 saturated carbocycles. The van der Waals surface area contributed by atoms with E-state index in [0.717, 1.165) is 49.6 Å². The monoisotopic (exact) mass is 600 g/mol. The Morgan fingerprint density at radius 3 is 2.64 bits per heavy atom. The number of carbonyl (C=O) groups excluding carboxylic acids is 1. The summed E-state index contributed by atoms with van der Waals surface area (Å²) >= 11 is 6.08. The zero-order valence-corrected chi connectivity index (χ0v) is 22.4. The van der Waals surface area contributed by atoms with E-state index in [9.17, 15) is 27.9 Å². The number of alkyl halides is 3. The summed E-state index contributed by atoms with van der Waals surface area (Å²) in [5.41, 5.74) is -2.25. The van der Waals surface area contributed by atoms with Crippen LogP contribution in [0.2, 0.25) is 5.02 Å². The van der Waals surface area contributed by atoms with Crippen LogP contribution in [0.15, 0.2) is 54.6 Å². The minimum Gasteiger partial charge on any atom is -0.478 e. The number of hydrogen-bond acceptors (Lipinski definition) is 5. The Labute approximate surface area is 241 Å². The lowest BCUT2D eigenvalue weighted by Gasteiger charge is -2.21. The Bertz CT molecular complexity index is 1750. The Kier molecular flexibility index (Phi) is 8.31. The van der Waals surface area contributed by atoms with E-state index in [-0.39, 0.29) is 40.6 Å². The van der Waals surface area contributed by atoms with Gasteiger partial charge >= 0.3 is 12.1 Å². The summed E-state index contributed by atoms with van der Waals surface area (Å²) in [4.78, 5) is 24.9. The number of carbonyl (C=O) groups is 2. The number of rotatable bonds is 5. The third-order valence-corrected chi connectivity index (χ3v) is 6.90. The third-order valence-electron chi connectivity index (χ3n) is 6.59. The minimum atomic E-state index is -4.90. The molecular weight excluding hydrogens is 580 g/mol. The number of halogens is 5. The van der Waals surface area contributed by atoms with Gasteiger partial charge in [-0.05, 0) is 67.8 Å². The fourth-order valence-corrected chi connectivity index (χ4v) is 4.84. The van der Waals surface area contributed by atoms with Crippen molar-refractivity contribution in [1.82, 2.24) is 9.78 Å². The molecule has 216 valence electrons. The lowest BCUT2D eigenvalue weighted by Crippen LogP contribution is -2.22. The maximum atomic E-state index is 15.1. The van der Waals surface area contributed by atoms with Gasteiger partial charge in [-0.3, -0.25) is 4.79 Å². The number of aromatic carboxylic acids is 1. The van der Waals surface area contributed by atoms with Gasteiger partial charge in [0.15, 0.2) is 6.29 Å². The van der Waals surface area contributed by atoms with Gasteiger partial charge in [-0.25, -0.2) is 9.18 Å². The van der Waals surface area contributed by atoms with Crippen LogP contribution in [0.1, 0.15) is 51.1 Å². The van der Waals surface area contributed by atoms with Crippen LogP contribution in [0.3, 0.4) is 0 Å². The maximum absolute atomic E-state index is 15.1. The van der Waals surface area contributed by atoms with Gasteiger partial charge < -0.3 is 14.6 Å². The van der Waals surface area contributed by atoms with Crippen molar-refractivity contribution in [2.45, 2.75) is 31.7 Å². The average Bonchev–Trinajstić information content (AvgIpc) is 3.33. The Morgan fingerprint density at radius 1 is 1.14 bits per heavy atom. The number of fused-ring (bicyclic) bond motifs is 1. The zero-order valence-electron chi connectivity index (χ0n) is 21.7. The normalized spacial score (nSPS) is 15.3. The summed E-state index contributed by atoms with van der Waals surface area (Å²) in [5.74, 6) is 2.22. The highest BCUT2D eigenvalue weighted by Crippen LogP contribution is 2.37. The van der Waals surface area contributed by atoms with Crippen molar-refractivity contribution in [2.75, 3.05) is 13.2 Å². The van der Waals surface area contributed by atoms with E-state index in [4.69, 9.17) is 21.1 Å². The van der Waals surface area contributed by atoms with Crippen LogP contribution in [-0.4, -0.2) is 46.3 Å². The van der Waals surface area contributed by atoms with Crippen molar-refractivity contribution in [3.63, 3.8) is 0 Å². The van der Waals surface area contributed by atoms with Crippen molar-refractivity contribution < 1.29 is 41.7 Å². The van der Waals surface area contributed by atoms with Gasteiger partial charge in [-0.15, -0.1) is 0 Å². The predicted molar refractivity (Wildman–Crippen MR) is 145 cm³/mol. The molecule has 0 radical (unpaired) electrons. The van der Waals surface area contributed by atoms with Gasteiger partial charge in [0.2, 0.25) is 0 Å². The van der Waals surface area contributed by atoms with Crippen molar-refractivity contribution in [2.24, 2.45) is 0 Å². The lowest BCUT2D eigenvalue weighted by molar-refractivity contribution is -0.154. The predicted octanol–water partition coefficient (Wildman–Crippen LogP) is 6.80. The molecule has 4 aromatic rings. The Balaban J connectivity index is 1.61. The minimum absolute atomic E-state index is 0.0353. The summed E-state index contributed by atoms with van der Waals surface area (Å²) in [6.07, 6.45) is -2.55. The summed E-state index contributed by atoms with van der Waals surface area (Å²) in [6.45, 7) is 0.665. The van der Waals surface area contributed by atoms with E-state index in [1.54, 1.807) is 6.07 Å². The quantitative estimate of drug-likeness (QED) is 0.200. The van der Waals surface area contributed by atoms with E-state index < -0.39 is 40.0 Å². The molecule has 1 unspecified atom stereocenters. The smallest absolute Gasteiger partial charge is 0.417 e. The molecule has 7 nitrogen and oxygen atoms in total. The van der Waals surface area contributed by atoms with E-state index in [1.165, 1.54) is 18.2 Å². The molecule has 1 atom stereocenters. The number of carboxylic acid groups (broad SMARTS) is 1. The molecule has 42 heavy (non-hydrogen) atoms. The fraction of sp³-hybridized carbons (Fsp3) is 0.233. The number of nitrogens with zero attached hydrogens (tertiary/aromatic N) is 2. The largest absolute Gasteiger partial charge is 0.478 e. The molecule has 3 aromatic carbocycles. The van der Waals surface area contributed by atoms with Crippen molar-refractivity contribution in [3.05, 3.63) is 87.7 Å². The molecule has 0 bridgehead atoms. The second kappa shape index (κ2) is 11.9. The Hall–Kier alpha value is -4.24. The number of hydrogen-bond donors (Lipinski definition) is 1. The second-order valence-electron chi connectivity index (χ2n) is 9.37. The van der Waals surface area contributed by atoms with E-state index in [2.05, 4.69) is 16.9 Å². The van der Waals surface area contributed by atoms with Crippen LogP contribution < -0.4 is 0 Å². The molecule has 1 saturated heterocycles. The average molecular weight is 601 g/mol. The lowest BCUT2D eigenvalue weighted by atomic mass is 10.0. The highest BCUT2D eigenvalue weighted by Gasteiger charge is 2.37. The first kappa shape index (κ1) is 29.3. The molecule has 0 aliphatic carbocycles. The maximum Gasteiger partial charge on any atom is 0.417 e. The van der Waals surface area contributed by atoms with Gasteiger partial charge in [0, 0.05) is 23.1 Å². The van der Waals surface area contributed by atoms with Gasteiger partial charge in [0.05, 0.1) is 27.2 Å². The molecule has 1 aliphatic rings. The molecule has 1 N–H and O–H groups in total. The van der Waals surface area contributed by atoms with Crippen LogP contribution >= 0.6 is 11.6 Å². The first-order chi connectivity index (χ1) is 20.0. The van der Waals surface area contributed by atoms with Crippen LogP contribution in [0.5, 0.6) is 0 Å². The van der Waals surface area contributed by atoms with E-state index in [0.29, 0.717) is 16.9 Å². The summed E-state index contributed by atoms with van der Waals surface area (Å²) in [7, 11) is 0. The van der Waals surface area contributed by atoms with E-state index in [1.807, 2.05) is 0 Å². The topological polar surface area (TPSA) is 90.7 Å². The summed E-state index contributed by atoms with van der Waals surface area (Å²) in [6, 6.07) is 10.6. The zero-order chi connectivity index (χ0) is 30.0. The molecule has 1 aliphatic heterocycles. The van der Waals surface area contributed by atoms with Gasteiger partial charge in [-0.2, -0.15) is 23.0 Å². The van der Waals surface area contributed by atoms with Crippen molar-refractivity contribution >= 4 is 34.4 Å². The number of benzene rings is 3. The summed E-state index contributed by atoms with van der Waals surface area (Å²) < 4.78 is 68.4. The fourth-order valence-electron chi connectivity index (χ4n) is 4.59. The number of ether oxygens (including phenoxy) is 2. The molecule has 0 amide bonds. The third kappa shape index (κ3) is 6.01. The molecule has 5 rings (SSSR count). The van der Waals surface area contributed by atoms with Gasteiger partial charge in [0.1, 0.15) is 18.1 Å². The number of carboxylic acids is 1. The molecule has 2 heterocycles. The van der Waals surface area contributed by atoms with Crippen molar-refractivity contribution in [3.8, 4) is 23.1 Å². The molecule has 12 heteroatoms. The van der Waals surface area contributed by atoms with Gasteiger partial charge in [0.25, 0.3) is 5.91 Å². The van der Waals surface area contributed by atoms with E-state index >= 15 is 4.39 Å². The molecular formula is C30H21ClF4N2O5. The standard InChI is InChI=1S/C30H21ClF4N2O5/c31-22-7-3-6-21(30(33,34)35)26(22)28(38)37-24-15-17(5-4-14-42-25-8-1-2-13-41-25)9-11-20(24)27(36-37)19-12-10-18(29(39)40)16-23(19)32/h3,6-7,9-12,15-16,25H,1-2,8,13-14H2,(H,39,40). The first-order valence-corrected chi connectivity index (χ1v) is 13.1. The Morgan fingerprint density at radius 2 is 1.95 bits per heavy atom. The highest BCUT2D eigenvalue weighted by molar-refractivity contribution is 6.34. The van der Waals surface area contributed by atoms with Gasteiger partial charge in [-0.1, -0.05) is 29.5 Å². The van der Waals surface area contributed by atoms with Crippen LogP contribution in [0.4, 0.5) is 17.6 Å². The molecule has 1 aromatic heterocycles. The highest BCUT2D eigenvalue weighted by atomic mass is 35.5. The van der Waals surface area contributed by atoms with Crippen LogP contribution in [0.25, 0.3) is 22.2 Å². The molecule has 0 spiro atoms. The SMILES string of the molecule is O=C(O)c1ccc(-c2nn(C(=O)c3c(Cl)cccc3C(F)(F)F)c3cc(C#CCOC4CCCCO4)ccc23)c(F)c1. The van der Waals surface area contributed by atoms with Crippen molar-refractivity contribution in [1.29, 1.82) is 0 Å². The number of aromatic nitrogens is 2. The second-order valence-corrected chi connectivity index (χ2v) is 9.77. The van der Waals surface area contributed by atoms with Crippen LogP contribution in [0, 0.1) is 17.7 Å². The summed E-state index contributed by atoms with van der Waals surface area (Å²) in [5, 5.41) is 13.2.